The van der Waals surface area contributed by atoms with Gasteiger partial charge in [-0.1, -0.05) is 19.8 Å². The zero-order valence-corrected chi connectivity index (χ0v) is 10.8. The van der Waals surface area contributed by atoms with Crippen molar-refractivity contribution in [1.29, 1.82) is 0 Å². The van der Waals surface area contributed by atoms with Crippen LogP contribution in [-0.2, 0) is 4.43 Å². The molecule has 0 amide bonds. The van der Waals surface area contributed by atoms with Gasteiger partial charge in [-0.3, -0.25) is 0 Å². The zero-order valence-electron chi connectivity index (χ0n) is 8.96. The van der Waals surface area contributed by atoms with Crippen molar-refractivity contribution in [3.8, 4) is 0 Å². The number of aliphatic imine (C=N–C) groups is 1. The monoisotopic (exact) mass is 217 g/mol. The minimum absolute atomic E-state index is 0.115. The normalized spacial score (nSPS) is 13.5. The number of hydrogen-bond donors (Lipinski definition) is 0. The first-order chi connectivity index (χ1) is 6.02. The predicted molar refractivity (Wildman–Crippen MR) is 62.8 cm³/mol. The number of isothiocyanates is 1. The zero-order chi connectivity index (χ0) is 10.3. The Morgan fingerprint density at radius 3 is 2.62 bits per heavy atom. The van der Waals surface area contributed by atoms with E-state index in [0.29, 0.717) is 0 Å². The Kier molecular flexibility index (Phi) is 6.42. The molecule has 4 heteroatoms. The third-order valence-electron chi connectivity index (χ3n) is 1.86. The van der Waals surface area contributed by atoms with Gasteiger partial charge in [-0.05, 0) is 38.3 Å². The van der Waals surface area contributed by atoms with Gasteiger partial charge >= 0.3 is 0 Å². The third-order valence-corrected chi connectivity index (χ3v) is 4.50. The van der Waals surface area contributed by atoms with Crippen LogP contribution in [0.2, 0.25) is 19.1 Å². The van der Waals surface area contributed by atoms with E-state index in [-0.39, 0.29) is 6.23 Å². The molecule has 0 aromatic rings. The number of thiocarbonyl (C=S) groups is 1. The van der Waals surface area contributed by atoms with E-state index < -0.39 is 8.32 Å². The molecule has 0 fully saturated rings. The van der Waals surface area contributed by atoms with Crippen LogP contribution in [0, 0.1) is 0 Å². The van der Waals surface area contributed by atoms with E-state index >= 15 is 0 Å². The molecule has 1 unspecified atom stereocenters. The van der Waals surface area contributed by atoms with Crippen LogP contribution in [0.4, 0.5) is 0 Å². The van der Waals surface area contributed by atoms with Gasteiger partial charge in [0.15, 0.2) is 8.32 Å². The fourth-order valence-electron chi connectivity index (χ4n) is 1.22. The summed E-state index contributed by atoms with van der Waals surface area (Å²) in [6, 6.07) is 1.20. The van der Waals surface area contributed by atoms with Crippen molar-refractivity contribution in [2.45, 2.75) is 52.1 Å². The molecule has 2 nitrogen and oxygen atoms in total. The molecule has 0 aromatic heterocycles. The quantitative estimate of drug-likeness (QED) is 0.386. The molecule has 0 aliphatic rings. The van der Waals surface area contributed by atoms with E-state index in [9.17, 15) is 0 Å². The van der Waals surface area contributed by atoms with E-state index in [1.165, 1.54) is 18.9 Å². The Hall–Kier alpha value is -0.0231. The number of hydrogen-bond acceptors (Lipinski definition) is 3. The van der Waals surface area contributed by atoms with Crippen LogP contribution in [0.1, 0.15) is 26.7 Å². The Morgan fingerprint density at radius 2 is 2.15 bits per heavy atom. The first kappa shape index (κ1) is 13.0. The van der Waals surface area contributed by atoms with Crippen LogP contribution >= 0.6 is 12.2 Å². The van der Waals surface area contributed by atoms with Crippen LogP contribution in [0.25, 0.3) is 0 Å². The van der Waals surface area contributed by atoms with Crippen molar-refractivity contribution in [2.75, 3.05) is 0 Å². The lowest BCUT2D eigenvalue weighted by atomic mass is 10.4. The maximum absolute atomic E-state index is 5.82. The molecule has 0 saturated heterocycles. The summed E-state index contributed by atoms with van der Waals surface area (Å²) < 4.78 is 5.82. The van der Waals surface area contributed by atoms with Gasteiger partial charge in [-0.25, -0.2) is 4.99 Å². The summed E-state index contributed by atoms with van der Waals surface area (Å²) in [4.78, 5) is 3.90. The Morgan fingerprint density at radius 1 is 1.54 bits per heavy atom. The fraction of sp³-hybridized carbons (Fsp3) is 0.889. The van der Waals surface area contributed by atoms with Crippen molar-refractivity contribution in [1.82, 2.24) is 0 Å². The maximum atomic E-state index is 5.82. The summed E-state index contributed by atoms with van der Waals surface area (Å²) in [6.07, 6.45) is 2.36. The predicted octanol–water partition coefficient (Wildman–Crippen LogP) is 3.46. The second-order valence-corrected chi connectivity index (χ2v) is 8.24. The van der Waals surface area contributed by atoms with Gasteiger partial charge in [0, 0.05) is 0 Å². The highest BCUT2D eigenvalue weighted by atomic mass is 32.1. The molecule has 76 valence electrons. The molecule has 0 saturated carbocycles. The lowest BCUT2D eigenvalue weighted by Crippen LogP contribution is -2.33. The first-order valence-electron chi connectivity index (χ1n) is 4.76. The van der Waals surface area contributed by atoms with Crippen molar-refractivity contribution in [2.24, 2.45) is 4.99 Å². The van der Waals surface area contributed by atoms with Gasteiger partial charge < -0.3 is 4.43 Å². The van der Waals surface area contributed by atoms with Crippen LogP contribution in [0.15, 0.2) is 4.99 Å². The molecule has 0 spiro atoms. The molecule has 0 radical (unpaired) electrons. The lowest BCUT2D eigenvalue weighted by Gasteiger charge is -2.24. The molecule has 0 N–H and O–H groups in total. The van der Waals surface area contributed by atoms with E-state index in [1.807, 2.05) is 6.92 Å². The molecular formula is C9H19NOSSi. The second kappa shape index (κ2) is 6.43. The lowest BCUT2D eigenvalue weighted by molar-refractivity contribution is 0.222. The van der Waals surface area contributed by atoms with Crippen molar-refractivity contribution in [3.63, 3.8) is 0 Å². The summed E-state index contributed by atoms with van der Waals surface area (Å²) in [5.74, 6) is 0. The van der Waals surface area contributed by atoms with Crippen LogP contribution in [0.3, 0.4) is 0 Å². The van der Waals surface area contributed by atoms with E-state index in [4.69, 9.17) is 4.43 Å². The molecule has 0 bridgehead atoms. The van der Waals surface area contributed by atoms with Gasteiger partial charge in [0.05, 0.1) is 5.16 Å². The highest BCUT2D eigenvalue weighted by molar-refractivity contribution is 7.78. The van der Waals surface area contributed by atoms with Gasteiger partial charge in [0.1, 0.15) is 6.23 Å². The van der Waals surface area contributed by atoms with E-state index in [0.717, 1.165) is 0 Å². The third kappa shape index (κ3) is 7.08. The number of rotatable bonds is 6. The highest BCUT2D eigenvalue weighted by Crippen LogP contribution is 2.17. The molecule has 0 aliphatic carbocycles. The standard InChI is InChI=1S/C9H19NOSSi/c1-5-6-7-13(3,4)11-9(2)10-8-12/h9H,5-7H2,1-4H3. The summed E-state index contributed by atoms with van der Waals surface area (Å²) >= 11 is 4.52. The Labute approximate surface area is 87.5 Å². The van der Waals surface area contributed by atoms with Crippen molar-refractivity contribution < 1.29 is 4.43 Å². The Balaban J connectivity index is 3.92. The molecule has 0 aliphatic heterocycles. The minimum Gasteiger partial charge on any atom is -0.396 e. The van der Waals surface area contributed by atoms with E-state index in [2.05, 4.69) is 42.4 Å². The highest BCUT2D eigenvalue weighted by Gasteiger charge is 2.23. The van der Waals surface area contributed by atoms with Crippen LogP contribution < -0.4 is 0 Å². The summed E-state index contributed by atoms with van der Waals surface area (Å²) in [5, 5.41) is 2.35. The second-order valence-electron chi connectivity index (χ2n) is 3.80. The summed E-state index contributed by atoms with van der Waals surface area (Å²) in [5.41, 5.74) is 0. The SMILES string of the molecule is CCCC[Si](C)(C)OC(C)N=C=S. The van der Waals surface area contributed by atoms with E-state index in [1.54, 1.807) is 0 Å². The largest absolute Gasteiger partial charge is 0.396 e. The average molecular weight is 217 g/mol. The summed E-state index contributed by atoms with van der Waals surface area (Å²) in [6.45, 7) is 8.55. The molecule has 0 rings (SSSR count). The number of nitrogens with zero attached hydrogens (tertiary/aromatic N) is 1. The molecule has 13 heavy (non-hydrogen) atoms. The van der Waals surface area contributed by atoms with Gasteiger partial charge in [-0.15, -0.1) is 0 Å². The van der Waals surface area contributed by atoms with Crippen LogP contribution in [0.5, 0.6) is 0 Å². The summed E-state index contributed by atoms with van der Waals surface area (Å²) in [7, 11) is -1.50. The van der Waals surface area contributed by atoms with Gasteiger partial charge in [0.25, 0.3) is 0 Å². The smallest absolute Gasteiger partial charge is 0.189 e. The van der Waals surface area contributed by atoms with Crippen LogP contribution in [-0.4, -0.2) is 19.7 Å². The first-order valence-corrected chi connectivity index (χ1v) is 8.29. The minimum atomic E-state index is -1.50. The fourth-order valence-corrected chi connectivity index (χ4v) is 3.67. The molecule has 0 aromatic carbocycles. The van der Waals surface area contributed by atoms with Crippen molar-refractivity contribution in [3.05, 3.63) is 0 Å². The van der Waals surface area contributed by atoms with Gasteiger partial charge in [-0.2, -0.15) is 0 Å². The Bertz CT molecular complexity index is 190. The number of unbranched alkanes of at least 4 members (excludes halogenated alkanes) is 1. The molecule has 1 atom stereocenters. The topological polar surface area (TPSA) is 21.6 Å². The van der Waals surface area contributed by atoms with Gasteiger partial charge in [0.2, 0.25) is 0 Å². The maximum Gasteiger partial charge on any atom is 0.189 e. The molecular weight excluding hydrogens is 198 g/mol. The average Bonchev–Trinajstić information content (AvgIpc) is 2.00. The van der Waals surface area contributed by atoms with Crippen molar-refractivity contribution >= 4 is 25.7 Å². The molecule has 0 heterocycles.